The minimum atomic E-state index is -0.100. The summed E-state index contributed by atoms with van der Waals surface area (Å²) in [5.41, 5.74) is 10.1. The third-order valence-electron chi connectivity index (χ3n) is 7.09. The molecule has 196 valence electrons. The highest BCUT2D eigenvalue weighted by Gasteiger charge is 2.26. The number of amides is 1. The largest absolute Gasteiger partial charge is 0.488 e. The Morgan fingerprint density at radius 1 is 1.08 bits per heavy atom. The van der Waals surface area contributed by atoms with Crippen molar-refractivity contribution in [3.05, 3.63) is 82.5 Å². The second-order valence-electron chi connectivity index (χ2n) is 9.92. The average molecular weight is 531 g/mol. The molecule has 0 saturated carbocycles. The van der Waals surface area contributed by atoms with Gasteiger partial charge in [-0.2, -0.15) is 0 Å². The van der Waals surface area contributed by atoms with E-state index in [0.29, 0.717) is 41.4 Å². The van der Waals surface area contributed by atoms with Crippen LogP contribution in [0, 0.1) is 0 Å². The van der Waals surface area contributed by atoms with E-state index in [9.17, 15) is 9.59 Å². The molecule has 0 aliphatic carbocycles. The van der Waals surface area contributed by atoms with Gasteiger partial charge in [-0.25, -0.2) is 4.98 Å². The molecule has 1 saturated heterocycles. The molecule has 38 heavy (non-hydrogen) atoms. The lowest BCUT2D eigenvalue weighted by atomic mass is 9.98. The van der Waals surface area contributed by atoms with Gasteiger partial charge < -0.3 is 20.3 Å². The van der Waals surface area contributed by atoms with Gasteiger partial charge in [-0.05, 0) is 84.3 Å². The number of halogens is 1. The van der Waals surface area contributed by atoms with E-state index >= 15 is 0 Å². The standard InChI is InChI=1S/C30H31ClN4O3/c1-34-12-14-35(15-13-34)30(37)22-6-4-21(5-7-22)23-16-24-17-26(38-29(24)27(31)18-23)10-9-25(36)8-2-20-3-11-28(32)33-19-20/h2-8,11,16,18-19,26H,9-10,12-15,17H2,1H3,(H2,32,33)/b8-2+. The molecule has 2 aliphatic rings. The number of likely N-dealkylation sites (N-methyl/N-ethyl adjacent to an activating group) is 1. The van der Waals surface area contributed by atoms with Gasteiger partial charge in [0, 0.05) is 50.8 Å². The fourth-order valence-electron chi connectivity index (χ4n) is 4.80. The number of benzene rings is 2. The molecule has 3 heterocycles. The van der Waals surface area contributed by atoms with Gasteiger partial charge in [0.2, 0.25) is 0 Å². The van der Waals surface area contributed by atoms with Gasteiger partial charge in [0.15, 0.2) is 5.78 Å². The molecule has 1 atom stereocenters. The molecular weight excluding hydrogens is 500 g/mol. The minimum Gasteiger partial charge on any atom is -0.488 e. The molecule has 1 aromatic heterocycles. The molecule has 1 amide bonds. The molecule has 5 rings (SSSR count). The Labute approximate surface area is 227 Å². The van der Waals surface area contributed by atoms with Crippen LogP contribution in [0.4, 0.5) is 5.82 Å². The van der Waals surface area contributed by atoms with Gasteiger partial charge in [-0.1, -0.05) is 23.7 Å². The normalized spacial score (nSPS) is 17.4. The Hall–Kier alpha value is -3.68. The predicted molar refractivity (Wildman–Crippen MR) is 150 cm³/mol. The molecule has 2 N–H and O–H groups in total. The molecule has 2 aliphatic heterocycles. The lowest BCUT2D eigenvalue weighted by Gasteiger charge is -2.32. The van der Waals surface area contributed by atoms with Crippen molar-refractivity contribution in [2.75, 3.05) is 39.0 Å². The van der Waals surface area contributed by atoms with Crippen LogP contribution in [0.2, 0.25) is 5.02 Å². The summed E-state index contributed by atoms with van der Waals surface area (Å²) in [6.45, 7) is 3.29. The average Bonchev–Trinajstić information content (AvgIpc) is 3.35. The Kier molecular flexibility index (Phi) is 7.77. The summed E-state index contributed by atoms with van der Waals surface area (Å²) in [5.74, 6) is 1.24. The molecule has 1 unspecified atom stereocenters. The Balaban J connectivity index is 1.19. The molecule has 1 fully saturated rings. The van der Waals surface area contributed by atoms with Gasteiger partial charge in [-0.15, -0.1) is 0 Å². The first kappa shape index (κ1) is 25.9. The molecule has 8 heteroatoms. The number of ketones is 1. The minimum absolute atomic E-state index is 0.0272. The van der Waals surface area contributed by atoms with Crippen LogP contribution in [0.25, 0.3) is 17.2 Å². The summed E-state index contributed by atoms with van der Waals surface area (Å²) in [5, 5.41) is 0.555. The maximum absolute atomic E-state index is 12.9. The van der Waals surface area contributed by atoms with Crippen molar-refractivity contribution in [3.63, 3.8) is 0 Å². The molecule has 3 aromatic rings. The monoisotopic (exact) mass is 530 g/mol. The van der Waals surface area contributed by atoms with Crippen molar-refractivity contribution in [1.82, 2.24) is 14.8 Å². The van der Waals surface area contributed by atoms with Gasteiger partial charge in [0.1, 0.15) is 17.7 Å². The van der Waals surface area contributed by atoms with Gasteiger partial charge in [0.05, 0.1) is 5.02 Å². The number of carbonyl (C=O) groups excluding carboxylic acids is 2. The summed E-state index contributed by atoms with van der Waals surface area (Å²) < 4.78 is 6.09. The SMILES string of the molecule is CN1CCN(C(=O)c2ccc(-c3cc(Cl)c4c(c3)CC(CCC(=O)/C=C/c3ccc(N)nc3)O4)cc2)CC1. The number of nitrogen functional groups attached to an aromatic ring is 1. The second-order valence-corrected chi connectivity index (χ2v) is 10.3. The number of nitrogens with two attached hydrogens (primary N) is 1. The zero-order valence-corrected chi connectivity index (χ0v) is 22.2. The van der Waals surface area contributed by atoms with Crippen LogP contribution in [0.1, 0.15) is 34.3 Å². The Morgan fingerprint density at radius 3 is 2.55 bits per heavy atom. The van der Waals surface area contributed by atoms with E-state index in [1.807, 2.05) is 41.3 Å². The van der Waals surface area contributed by atoms with Crippen LogP contribution < -0.4 is 10.5 Å². The first-order valence-corrected chi connectivity index (χ1v) is 13.2. The highest BCUT2D eigenvalue weighted by Crippen LogP contribution is 2.40. The maximum Gasteiger partial charge on any atom is 0.253 e. The lowest BCUT2D eigenvalue weighted by Crippen LogP contribution is -2.47. The van der Waals surface area contributed by atoms with E-state index in [1.54, 1.807) is 24.4 Å². The molecule has 0 bridgehead atoms. The van der Waals surface area contributed by atoms with E-state index in [0.717, 1.165) is 48.4 Å². The topological polar surface area (TPSA) is 88.8 Å². The van der Waals surface area contributed by atoms with Gasteiger partial charge >= 0.3 is 0 Å². The van der Waals surface area contributed by atoms with Crippen molar-refractivity contribution >= 4 is 35.2 Å². The molecular formula is C30H31ClN4O3. The van der Waals surface area contributed by atoms with Crippen molar-refractivity contribution in [2.45, 2.75) is 25.4 Å². The molecule has 0 spiro atoms. The zero-order valence-electron chi connectivity index (χ0n) is 21.4. The summed E-state index contributed by atoms with van der Waals surface area (Å²) >= 11 is 6.59. The number of pyridine rings is 1. The number of hydrogen-bond acceptors (Lipinski definition) is 6. The number of aromatic nitrogens is 1. The molecule has 2 aromatic carbocycles. The first-order chi connectivity index (χ1) is 18.4. The maximum atomic E-state index is 12.9. The van der Waals surface area contributed by atoms with Crippen molar-refractivity contribution in [3.8, 4) is 16.9 Å². The number of nitrogens with zero attached hydrogens (tertiary/aromatic N) is 3. The van der Waals surface area contributed by atoms with Gasteiger partial charge in [-0.3, -0.25) is 9.59 Å². The number of piperazine rings is 1. The van der Waals surface area contributed by atoms with E-state index < -0.39 is 0 Å². The fourth-order valence-corrected chi connectivity index (χ4v) is 5.09. The van der Waals surface area contributed by atoms with Crippen LogP contribution in [-0.4, -0.2) is 65.8 Å². The second kappa shape index (κ2) is 11.4. The Bertz CT molecular complexity index is 1350. The third-order valence-corrected chi connectivity index (χ3v) is 7.37. The van der Waals surface area contributed by atoms with E-state index in [4.69, 9.17) is 22.1 Å². The van der Waals surface area contributed by atoms with Crippen molar-refractivity contribution in [1.29, 1.82) is 0 Å². The zero-order chi connectivity index (χ0) is 26.6. The number of hydrogen-bond donors (Lipinski definition) is 1. The number of fused-ring (bicyclic) bond motifs is 1. The fraction of sp³-hybridized carbons (Fsp3) is 0.300. The lowest BCUT2D eigenvalue weighted by molar-refractivity contribution is -0.115. The summed E-state index contributed by atoms with van der Waals surface area (Å²) in [6.07, 6.45) is 6.52. The van der Waals surface area contributed by atoms with Crippen LogP contribution in [0.5, 0.6) is 5.75 Å². The predicted octanol–water partition coefficient (Wildman–Crippen LogP) is 4.74. The van der Waals surface area contributed by atoms with Crippen molar-refractivity contribution < 1.29 is 14.3 Å². The summed E-state index contributed by atoms with van der Waals surface area (Å²) in [7, 11) is 2.07. The third kappa shape index (κ3) is 6.06. The number of anilines is 1. The van der Waals surface area contributed by atoms with Gasteiger partial charge in [0.25, 0.3) is 5.91 Å². The summed E-state index contributed by atoms with van der Waals surface area (Å²) in [4.78, 5) is 33.4. The Morgan fingerprint density at radius 2 is 1.84 bits per heavy atom. The highest BCUT2D eigenvalue weighted by atomic mass is 35.5. The number of ether oxygens (including phenoxy) is 1. The number of carbonyl (C=O) groups is 2. The van der Waals surface area contributed by atoms with Crippen molar-refractivity contribution in [2.24, 2.45) is 0 Å². The molecule has 7 nitrogen and oxygen atoms in total. The quantitative estimate of drug-likeness (QED) is 0.444. The smallest absolute Gasteiger partial charge is 0.253 e. The van der Waals surface area contributed by atoms with E-state index in [1.165, 1.54) is 0 Å². The van der Waals surface area contributed by atoms with Crippen LogP contribution in [0.15, 0.2) is 60.8 Å². The van der Waals surface area contributed by atoms with E-state index in [-0.39, 0.29) is 17.8 Å². The molecule has 0 radical (unpaired) electrons. The number of allylic oxidation sites excluding steroid dienone is 1. The van der Waals surface area contributed by atoms with Crippen LogP contribution in [0.3, 0.4) is 0 Å². The number of rotatable bonds is 7. The van der Waals surface area contributed by atoms with Crippen LogP contribution >= 0.6 is 11.6 Å². The highest BCUT2D eigenvalue weighted by molar-refractivity contribution is 6.32. The first-order valence-electron chi connectivity index (χ1n) is 12.9. The van der Waals surface area contributed by atoms with E-state index in [2.05, 4.69) is 23.0 Å². The summed E-state index contributed by atoms with van der Waals surface area (Å²) in [6, 6.07) is 15.2. The van der Waals surface area contributed by atoms with Crippen LogP contribution in [-0.2, 0) is 11.2 Å².